The number of ether oxygens (including phenoxy) is 1. The van der Waals surface area contributed by atoms with Crippen molar-refractivity contribution in [3.63, 3.8) is 0 Å². The van der Waals surface area contributed by atoms with Crippen LogP contribution in [0, 0.1) is 5.41 Å². The maximum Gasteiger partial charge on any atom is 0.311 e. The van der Waals surface area contributed by atoms with Crippen LogP contribution in [-0.2, 0) is 9.53 Å². The summed E-state index contributed by atoms with van der Waals surface area (Å²) in [6.45, 7) is 9.94. The zero-order chi connectivity index (χ0) is 11.6. The first-order valence-corrected chi connectivity index (χ1v) is 5.76. The second-order valence-corrected chi connectivity index (χ2v) is 5.72. The van der Waals surface area contributed by atoms with Gasteiger partial charge >= 0.3 is 5.97 Å². The minimum atomic E-state index is -0.392. The maximum absolute atomic E-state index is 11.7. The lowest BCUT2D eigenvalue weighted by Crippen LogP contribution is -2.46. The smallest absolute Gasteiger partial charge is 0.311 e. The Balaban J connectivity index is 2.48. The molecular formula is C12H23NO2. The molecule has 0 saturated carbocycles. The number of rotatable bonds is 1. The lowest BCUT2D eigenvalue weighted by atomic mass is 9.95. The van der Waals surface area contributed by atoms with Gasteiger partial charge in [0.15, 0.2) is 0 Å². The molecule has 0 aromatic rings. The molecule has 1 aliphatic heterocycles. The van der Waals surface area contributed by atoms with Gasteiger partial charge in [-0.05, 0) is 47.5 Å². The number of piperidine rings is 1. The van der Waals surface area contributed by atoms with Crippen LogP contribution < -0.4 is 5.32 Å². The fourth-order valence-electron chi connectivity index (χ4n) is 1.93. The fourth-order valence-corrected chi connectivity index (χ4v) is 1.93. The van der Waals surface area contributed by atoms with Crippen LogP contribution in [0.5, 0.6) is 0 Å². The number of nitrogens with one attached hydrogen (secondary N) is 1. The van der Waals surface area contributed by atoms with Gasteiger partial charge in [0, 0.05) is 12.1 Å². The minimum Gasteiger partial charge on any atom is -0.462 e. The van der Waals surface area contributed by atoms with Gasteiger partial charge in [0.25, 0.3) is 0 Å². The molecule has 2 unspecified atom stereocenters. The van der Waals surface area contributed by atoms with Crippen LogP contribution in [0.4, 0.5) is 0 Å². The molecule has 0 amide bonds. The maximum atomic E-state index is 11.7. The van der Waals surface area contributed by atoms with Crippen molar-refractivity contribution in [1.82, 2.24) is 5.32 Å². The molecule has 0 aromatic heterocycles. The molecule has 1 N–H and O–H groups in total. The highest BCUT2D eigenvalue weighted by atomic mass is 16.5. The van der Waals surface area contributed by atoms with Crippen LogP contribution in [-0.4, -0.2) is 24.2 Å². The monoisotopic (exact) mass is 213 g/mol. The van der Waals surface area contributed by atoms with Crippen molar-refractivity contribution in [2.45, 2.75) is 65.6 Å². The van der Waals surface area contributed by atoms with Gasteiger partial charge in [0.05, 0.1) is 5.41 Å². The van der Waals surface area contributed by atoms with E-state index in [0.29, 0.717) is 12.1 Å². The molecule has 1 rings (SSSR count). The average molecular weight is 213 g/mol. The zero-order valence-corrected chi connectivity index (χ0v) is 10.5. The van der Waals surface area contributed by atoms with Gasteiger partial charge in [-0.15, -0.1) is 0 Å². The molecule has 88 valence electrons. The molecule has 0 aromatic carbocycles. The van der Waals surface area contributed by atoms with Crippen molar-refractivity contribution in [2.24, 2.45) is 5.41 Å². The molecule has 1 saturated heterocycles. The van der Waals surface area contributed by atoms with Gasteiger partial charge in [-0.3, -0.25) is 4.79 Å². The Morgan fingerprint density at radius 2 is 1.67 bits per heavy atom. The quantitative estimate of drug-likeness (QED) is 0.678. The van der Waals surface area contributed by atoms with Crippen molar-refractivity contribution in [1.29, 1.82) is 0 Å². The average Bonchev–Trinajstić information content (AvgIpc) is 1.99. The summed E-state index contributed by atoms with van der Waals surface area (Å²) in [6, 6.07) is 0.873. The number of hydrogen-bond acceptors (Lipinski definition) is 3. The van der Waals surface area contributed by atoms with E-state index in [4.69, 9.17) is 4.74 Å². The Morgan fingerprint density at radius 3 is 2.07 bits per heavy atom. The van der Waals surface area contributed by atoms with Crippen LogP contribution in [0.2, 0.25) is 0 Å². The molecule has 0 spiro atoms. The molecular weight excluding hydrogens is 190 g/mol. The van der Waals surface area contributed by atoms with Gasteiger partial charge in [-0.1, -0.05) is 0 Å². The van der Waals surface area contributed by atoms with Gasteiger partial charge in [-0.25, -0.2) is 0 Å². The van der Waals surface area contributed by atoms with Crippen molar-refractivity contribution in [2.75, 3.05) is 0 Å². The van der Waals surface area contributed by atoms with Crippen LogP contribution in [0.25, 0.3) is 0 Å². The van der Waals surface area contributed by atoms with E-state index in [1.54, 1.807) is 0 Å². The predicted octanol–water partition coefficient (Wildman–Crippen LogP) is 2.10. The van der Waals surface area contributed by atoms with Gasteiger partial charge in [0.2, 0.25) is 0 Å². The molecule has 15 heavy (non-hydrogen) atoms. The number of hydrogen-bond donors (Lipinski definition) is 1. The SMILES string of the molecule is CC1CC(OC(=O)C(C)(C)C)CC(C)N1. The standard InChI is InChI=1S/C12H23NO2/c1-8-6-10(7-9(2)13-8)15-11(14)12(3,4)5/h8-10,13H,6-7H2,1-5H3. The Kier molecular flexibility index (Phi) is 3.77. The van der Waals surface area contributed by atoms with E-state index < -0.39 is 5.41 Å². The molecule has 1 heterocycles. The van der Waals surface area contributed by atoms with E-state index >= 15 is 0 Å². The third-order valence-corrected chi connectivity index (χ3v) is 2.69. The number of carbonyl (C=O) groups excluding carboxylic acids is 1. The van der Waals surface area contributed by atoms with E-state index in [1.165, 1.54) is 0 Å². The van der Waals surface area contributed by atoms with Crippen molar-refractivity contribution in [3.05, 3.63) is 0 Å². The molecule has 0 bridgehead atoms. The molecule has 3 nitrogen and oxygen atoms in total. The first-order chi connectivity index (χ1) is 6.79. The van der Waals surface area contributed by atoms with E-state index in [9.17, 15) is 4.79 Å². The van der Waals surface area contributed by atoms with Crippen LogP contribution in [0.3, 0.4) is 0 Å². The van der Waals surface area contributed by atoms with Gasteiger partial charge in [-0.2, -0.15) is 0 Å². The summed E-state index contributed by atoms with van der Waals surface area (Å²) < 4.78 is 5.52. The van der Waals surface area contributed by atoms with E-state index in [1.807, 2.05) is 20.8 Å². The lowest BCUT2D eigenvalue weighted by molar-refractivity contribution is -0.160. The molecule has 0 aliphatic carbocycles. The molecule has 2 atom stereocenters. The first-order valence-electron chi connectivity index (χ1n) is 5.76. The van der Waals surface area contributed by atoms with E-state index in [2.05, 4.69) is 19.2 Å². The third kappa shape index (κ3) is 3.82. The fraction of sp³-hybridized carbons (Fsp3) is 0.917. The zero-order valence-electron chi connectivity index (χ0n) is 10.5. The normalized spacial score (nSPS) is 32.5. The highest BCUT2D eigenvalue weighted by Crippen LogP contribution is 2.22. The Labute approximate surface area is 92.6 Å². The highest BCUT2D eigenvalue weighted by Gasteiger charge is 2.30. The van der Waals surface area contributed by atoms with Crippen LogP contribution >= 0.6 is 0 Å². The third-order valence-electron chi connectivity index (χ3n) is 2.69. The van der Waals surface area contributed by atoms with Crippen molar-refractivity contribution >= 4 is 5.97 Å². The summed E-state index contributed by atoms with van der Waals surface area (Å²) in [6.07, 6.45) is 1.93. The molecule has 1 fully saturated rings. The van der Waals surface area contributed by atoms with Crippen LogP contribution in [0.15, 0.2) is 0 Å². The summed E-state index contributed by atoms with van der Waals surface area (Å²) in [4.78, 5) is 11.7. The van der Waals surface area contributed by atoms with E-state index in [-0.39, 0.29) is 12.1 Å². The predicted molar refractivity (Wildman–Crippen MR) is 60.6 cm³/mol. The van der Waals surface area contributed by atoms with Crippen LogP contribution in [0.1, 0.15) is 47.5 Å². The van der Waals surface area contributed by atoms with E-state index in [0.717, 1.165) is 12.8 Å². The second kappa shape index (κ2) is 4.52. The topological polar surface area (TPSA) is 38.3 Å². The Hall–Kier alpha value is -0.570. The first kappa shape index (κ1) is 12.5. The highest BCUT2D eigenvalue weighted by molar-refractivity contribution is 5.75. The van der Waals surface area contributed by atoms with Gasteiger partial charge in [0.1, 0.15) is 6.10 Å². The summed E-state index contributed by atoms with van der Waals surface area (Å²) in [7, 11) is 0. The molecule has 1 aliphatic rings. The summed E-state index contributed by atoms with van der Waals surface area (Å²) in [5.74, 6) is -0.0891. The summed E-state index contributed by atoms with van der Waals surface area (Å²) in [5, 5.41) is 3.43. The number of esters is 1. The summed E-state index contributed by atoms with van der Waals surface area (Å²) >= 11 is 0. The van der Waals surface area contributed by atoms with Crippen molar-refractivity contribution < 1.29 is 9.53 Å². The minimum absolute atomic E-state index is 0.0861. The van der Waals surface area contributed by atoms with Crippen molar-refractivity contribution in [3.8, 4) is 0 Å². The number of carbonyl (C=O) groups is 1. The van der Waals surface area contributed by atoms with Gasteiger partial charge < -0.3 is 10.1 Å². The lowest BCUT2D eigenvalue weighted by Gasteiger charge is -2.33. The Morgan fingerprint density at radius 1 is 1.20 bits per heavy atom. The largest absolute Gasteiger partial charge is 0.462 e. The Bertz CT molecular complexity index is 222. The summed E-state index contributed by atoms with van der Waals surface area (Å²) in [5.41, 5.74) is -0.392. The second-order valence-electron chi connectivity index (χ2n) is 5.72. The molecule has 3 heteroatoms. The molecule has 0 radical (unpaired) electrons.